The molecule has 1 rings (SSSR count). The molecule has 0 saturated heterocycles. The van der Waals surface area contributed by atoms with E-state index in [1.807, 2.05) is 13.8 Å². The Morgan fingerprint density at radius 3 is 1.93 bits per heavy atom. The van der Waals surface area contributed by atoms with Gasteiger partial charge < -0.3 is 16.0 Å². The fraction of sp³-hybridized carbons (Fsp3) is 0.810. The lowest BCUT2D eigenvalue weighted by atomic mass is 9.83. The molecule has 3 amide bonds. The van der Waals surface area contributed by atoms with Crippen molar-refractivity contribution >= 4 is 23.5 Å². The number of ketones is 1. The number of amides is 3. The van der Waals surface area contributed by atoms with Gasteiger partial charge in [-0.3, -0.25) is 19.2 Å². The molecule has 1 aliphatic carbocycles. The molecule has 1 fully saturated rings. The molecule has 0 heterocycles. The lowest BCUT2D eigenvalue weighted by molar-refractivity contribution is -0.124. The summed E-state index contributed by atoms with van der Waals surface area (Å²) < 4.78 is 0. The van der Waals surface area contributed by atoms with Crippen LogP contribution in [0.2, 0.25) is 0 Å². The molecule has 0 aromatic heterocycles. The van der Waals surface area contributed by atoms with Gasteiger partial charge in [0.1, 0.15) is 5.78 Å². The fourth-order valence-corrected chi connectivity index (χ4v) is 3.48. The topological polar surface area (TPSA) is 104 Å². The average molecular weight is 396 g/mol. The van der Waals surface area contributed by atoms with Crippen molar-refractivity contribution in [2.24, 2.45) is 5.92 Å². The van der Waals surface area contributed by atoms with E-state index in [4.69, 9.17) is 0 Å². The predicted octanol–water partition coefficient (Wildman–Crippen LogP) is 2.23. The van der Waals surface area contributed by atoms with Crippen molar-refractivity contribution in [2.75, 3.05) is 13.1 Å². The van der Waals surface area contributed by atoms with E-state index >= 15 is 0 Å². The Bertz CT molecular complexity index is 514. The van der Waals surface area contributed by atoms with E-state index in [9.17, 15) is 19.2 Å². The average Bonchev–Trinajstić information content (AvgIpc) is 2.69. The molecular formula is C21H37N3O4. The lowest BCUT2D eigenvalue weighted by Crippen LogP contribution is -2.38. The summed E-state index contributed by atoms with van der Waals surface area (Å²) in [4.78, 5) is 47.0. The highest BCUT2D eigenvalue weighted by molar-refractivity contribution is 5.81. The maximum atomic E-state index is 12.0. The first-order valence-electron chi connectivity index (χ1n) is 10.8. The third kappa shape index (κ3) is 10.4. The van der Waals surface area contributed by atoms with Crippen LogP contribution in [-0.4, -0.2) is 42.6 Å². The molecule has 28 heavy (non-hydrogen) atoms. The molecule has 0 atom stereocenters. The molecule has 1 saturated carbocycles. The van der Waals surface area contributed by atoms with E-state index in [0.29, 0.717) is 57.4 Å². The number of carbonyl (C=O) groups is 4. The third-order valence-electron chi connectivity index (χ3n) is 5.18. The minimum absolute atomic E-state index is 0.0147. The normalized spacial score (nSPS) is 18.9. The first-order valence-corrected chi connectivity index (χ1v) is 10.8. The third-order valence-corrected chi connectivity index (χ3v) is 5.18. The van der Waals surface area contributed by atoms with Gasteiger partial charge in [0, 0.05) is 50.7 Å². The van der Waals surface area contributed by atoms with Crippen LogP contribution in [0.25, 0.3) is 0 Å². The van der Waals surface area contributed by atoms with E-state index in [-0.39, 0.29) is 29.7 Å². The van der Waals surface area contributed by atoms with Gasteiger partial charge in [-0.25, -0.2) is 0 Å². The van der Waals surface area contributed by atoms with Gasteiger partial charge in [0.25, 0.3) is 0 Å². The zero-order valence-electron chi connectivity index (χ0n) is 17.5. The Morgan fingerprint density at radius 2 is 1.32 bits per heavy atom. The van der Waals surface area contributed by atoms with Gasteiger partial charge in [-0.2, -0.15) is 0 Å². The van der Waals surface area contributed by atoms with Crippen LogP contribution in [0.5, 0.6) is 0 Å². The van der Waals surface area contributed by atoms with Crippen molar-refractivity contribution in [3.05, 3.63) is 0 Å². The summed E-state index contributed by atoms with van der Waals surface area (Å²) in [5.74, 6) is 0.406. The summed E-state index contributed by atoms with van der Waals surface area (Å²) in [7, 11) is 0. The molecule has 0 aliphatic heterocycles. The molecule has 0 unspecified atom stereocenters. The molecule has 1 aliphatic rings. The zero-order valence-corrected chi connectivity index (χ0v) is 17.5. The molecule has 0 radical (unpaired) electrons. The van der Waals surface area contributed by atoms with Gasteiger partial charge in [-0.1, -0.05) is 13.8 Å². The van der Waals surface area contributed by atoms with Crippen LogP contribution in [-0.2, 0) is 19.2 Å². The quantitative estimate of drug-likeness (QED) is 0.416. The maximum absolute atomic E-state index is 12.0. The molecule has 0 aromatic rings. The minimum Gasteiger partial charge on any atom is -0.356 e. The summed E-state index contributed by atoms with van der Waals surface area (Å²) in [5, 5.41) is 8.61. The smallest absolute Gasteiger partial charge is 0.220 e. The summed E-state index contributed by atoms with van der Waals surface area (Å²) in [5.41, 5.74) is 0. The van der Waals surface area contributed by atoms with Gasteiger partial charge in [0.2, 0.25) is 17.7 Å². The highest BCUT2D eigenvalue weighted by Gasteiger charge is 2.25. The van der Waals surface area contributed by atoms with Crippen molar-refractivity contribution < 1.29 is 19.2 Å². The number of hydrogen-bond donors (Lipinski definition) is 3. The summed E-state index contributed by atoms with van der Waals surface area (Å²) >= 11 is 0. The Morgan fingerprint density at radius 1 is 0.750 bits per heavy atom. The van der Waals surface area contributed by atoms with Crippen molar-refractivity contribution in [3.8, 4) is 0 Å². The molecule has 7 heteroatoms. The lowest BCUT2D eigenvalue weighted by Gasteiger charge is -2.28. The summed E-state index contributed by atoms with van der Waals surface area (Å²) in [6, 6.07) is 0.154. The van der Waals surface area contributed by atoms with Crippen LogP contribution >= 0.6 is 0 Å². The molecule has 160 valence electrons. The SMILES string of the molecule is CCCNC(=O)CCCNC(=O)CCCC(=O)NC1CCC(C(=O)CC)CC1. The summed E-state index contributed by atoms with van der Waals surface area (Å²) in [6.45, 7) is 5.06. The van der Waals surface area contributed by atoms with Gasteiger partial charge in [-0.15, -0.1) is 0 Å². The Kier molecular flexibility index (Phi) is 12.2. The summed E-state index contributed by atoms with van der Waals surface area (Å²) in [6.07, 6.45) is 7.12. The number of nitrogens with one attached hydrogen (secondary N) is 3. The molecular weight excluding hydrogens is 358 g/mol. The largest absolute Gasteiger partial charge is 0.356 e. The van der Waals surface area contributed by atoms with Gasteiger partial charge in [0.05, 0.1) is 0 Å². The Labute approximate surface area is 168 Å². The van der Waals surface area contributed by atoms with Crippen molar-refractivity contribution in [2.45, 2.75) is 90.5 Å². The Balaban J connectivity index is 2.04. The van der Waals surface area contributed by atoms with E-state index in [1.54, 1.807) is 0 Å². The second-order valence-corrected chi connectivity index (χ2v) is 7.59. The number of Topliss-reactive ketones (excluding diaryl/α,β-unsaturated/α-hetero) is 1. The van der Waals surface area contributed by atoms with Crippen LogP contribution in [0.15, 0.2) is 0 Å². The van der Waals surface area contributed by atoms with Crippen LogP contribution in [0.1, 0.15) is 84.5 Å². The van der Waals surface area contributed by atoms with Gasteiger partial charge in [-0.05, 0) is 44.9 Å². The van der Waals surface area contributed by atoms with E-state index in [1.165, 1.54) is 0 Å². The molecule has 7 nitrogen and oxygen atoms in total. The van der Waals surface area contributed by atoms with Crippen molar-refractivity contribution in [1.29, 1.82) is 0 Å². The standard InChI is InChI=1S/C21H37N3O4/c1-3-14-22-20(27)9-6-15-23-19(26)7-5-8-21(28)24-17-12-10-16(11-13-17)18(25)4-2/h16-17H,3-15H2,1-2H3,(H,22,27)(H,23,26)(H,24,28). The van der Waals surface area contributed by atoms with E-state index in [0.717, 1.165) is 32.1 Å². The second-order valence-electron chi connectivity index (χ2n) is 7.59. The van der Waals surface area contributed by atoms with Crippen molar-refractivity contribution in [3.63, 3.8) is 0 Å². The van der Waals surface area contributed by atoms with Crippen LogP contribution in [0.3, 0.4) is 0 Å². The molecule has 0 aromatic carbocycles. The fourth-order valence-electron chi connectivity index (χ4n) is 3.48. The van der Waals surface area contributed by atoms with E-state index in [2.05, 4.69) is 16.0 Å². The predicted molar refractivity (Wildman–Crippen MR) is 109 cm³/mol. The number of carbonyl (C=O) groups excluding carboxylic acids is 4. The van der Waals surface area contributed by atoms with Gasteiger partial charge >= 0.3 is 0 Å². The highest BCUT2D eigenvalue weighted by Crippen LogP contribution is 2.25. The second kappa shape index (κ2) is 14.1. The monoisotopic (exact) mass is 395 g/mol. The van der Waals surface area contributed by atoms with Gasteiger partial charge in [0.15, 0.2) is 0 Å². The maximum Gasteiger partial charge on any atom is 0.220 e. The molecule has 3 N–H and O–H groups in total. The minimum atomic E-state index is -0.0830. The van der Waals surface area contributed by atoms with Crippen molar-refractivity contribution in [1.82, 2.24) is 16.0 Å². The highest BCUT2D eigenvalue weighted by atomic mass is 16.2. The van der Waals surface area contributed by atoms with Crippen LogP contribution in [0, 0.1) is 5.92 Å². The number of rotatable bonds is 13. The Hall–Kier alpha value is -1.92. The van der Waals surface area contributed by atoms with E-state index < -0.39 is 0 Å². The molecule has 0 bridgehead atoms. The number of hydrogen-bond acceptors (Lipinski definition) is 4. The first kappa shape index (κ1) is 24.1. The zero-order chi connectivity index (χ0) is 20.8. The van der Waals surface area contributed by atoms with Crippen LogP contribution in [0.4, 0.5) is 0 Å². The van der Waals surface area contributed by atoms with Crippen LogP contribution < -0.4 is 16.0 Å². The molecule has 0 spiro atoms. The first-order chi connectivity index (χ1) is 13.5.